The normalized spacial score (nSPS) is 32.2. The topological polar surface area (TPSA) is 41.6 Å². The van der Waals surface area contributed by atoms with Crippen LogP contribution < -0.4 is 5.32 Å². The van der Waals surface area contributed by atoms with Crippen molar-refractivity contribution >= 4 is 5.91 Å². The van der Waals surface area contributed by atoms with Crippen LogP contribution in [-0.2, 0) is 9.53 Å². The number of amides is 1. The molecule has 2 heterocycles. The van der Waals surface area contributed by atoms with Gasteiger partial charge in [-0.3, -0.25) is 9.69 Å². The predicted octanol–water partition coefficient (Wildman–Crippen LogP) is 1.26. The third kappa shape index (κ3) is 3.23. The highest BCUT2D eigenvalue weighted by molar-refractivity contribution is 5.80. The summed E-state index contributed by atoms with van der Waals surface area (Å²) < 4.78 is 5.92. The van der Waals surface area contributed by atoms with Crippen molar-refractivity contribution in [2.45, 2.75) is 52.4 Å². The Hall–Kier alpha value is -0.610. The lowest BCUT2D eigenvalue weighted by Gasteiger charge is -2.33. The number of likely N-dealkylation sites (tertiary alicyclic amines) is 1. The Morgan fingerprint density at radius 1 is 1.33 bits per heavy atom. The third-order valence-electron chi connectivity index (χ3n) is 3.62. The Kier molecular flexibility index (Phi) is 4.28. The molecule has 2 aliphatic heterocycles. The molecule has 1 amide bonds. The van der Waals surface area contributed by atoms with Crippen LogP contribution in [0.5, 0.6) is 0 Å². The highest BCUT2D eigenvalue weighted by atomic mass is 16.5. The number of fused-ring (bicyclic) bond motifs is 2. The van der Waals surface area contributed by atoms with E-state index in [0.29, 0.717) is 5.92 Å². The highest BCUT2D eigenvalue weighted by Gasteiger charge is 2.44. The fraction of sp³-hybridized carbons (Fsp3) is 0.929. The number of hydrogen-bond donors (Lipinski definition) is 1. The summed E-state index contributed by atoms with van der Waals surface area (Å²) in [5.74, 6) is 0.892. The van der Waals surface area contributed by atoms with Gasteiger partial charge in [-0.05, 0) is 26.2 Å². The van der Waals surface area contributed by atoms with Gasteiger partial charge in [-0.25, -0.2) is 0 Å². The van der Waals surface area contributed by atoms with Crippen LogP contribution in [0.3, 0.4) is 0 Å². The fourth-order valence-electron chi connectivity index (χ4n) is 3.07. The second-order valence-corrected chi connectivity index (χ2v) is 6.41. The zero-order valence-corrected chi connectivity index (χ0v) is 12.0. The first kappa shape index (κ1) is 13.8. The average Bonchev–Trinajstić information content (AvgIpc) is 2.52. The van der Waals surface area contributed by atoms with Gasteiger partial charge in [0.1, 0.15) is 0 Å². The van der Waals surface area contributed by atoms with Crippen molar-refractivity contribution in [2.75, 3.05) is 19.6 Å². The molecule has 2 saturated heterocycles. The van der Waals surface area contributed by atoms with E-state index in [1.165, 1.54) is 0 Å². The summed E-state index contributed by atoms with van der Waals surface area (Å²) in [7, 11) is 0. The van der Waals surface area contributed by atoms with E-state index in [4.69, 9.17) is 4.74 Å². The lowest BCUT2D eigenvalue weighted by Crippen LogP contribution is -2.47. The minimum Gasteiger partial charge on any atom is -0.371 e. The molecule has 4 heteroatoms. The summed E-state index contributed by atoms with van der Waals surface area (Å²) in [4.78, 5) is 14.6. The minimum absolute atomic E-state index is 0.0505. The summed E-state index contributed by atoms with van der Waals surface area (Å²) in [5.41, 5.74) is 0. The van der Waals surface area contributed by atoms with Gasteiger partial charge in [-0.2, -0.15) is 0 Å². The number of nitrogens with one attached hydrogen (secondary N) is 1. The van der Waals surface area contributed by atoms with Crippen LogP contribution in [0.2, 0.25) is 0 Å². The summed E-state index contributed by atoms with van der Waals surface area (Å²) in [6.45, 7) is 11.5. The maximum atomic E-state index is 12.1. The van der Waals surface area contributed by atoms with E-state index in [0.717, 1.165) is 26.1 Å². The molecule has 2 bridgehead atoms. The van der Waals surface area contributed by atoms with Gasteiger partial charge in [0.25, 0.3) is 0 Å². The van der Waals surface area contributed by atoms with Crippen LogP contribution in [0, 0.1) is 11.8 Å². The molecule has 0 aromatic carbocycles. The second-order valence-electron chi connectivity index (χ2n) is 6.41. The number of carbonyl (C=O) groups excluding carboxylic acids is 1. The molecule has 2 fully saturated rings. The zero-order valence-electron chi connectivity index (χ0n) is 12.0. The highest BCUT2D eigenvalue weighted by Crippen LogP contribution is 2.32. The Labute approximate surface area is 110 Å². The van der Waals surface area contributed by atoms with Gasteiger partial charge in [-0.15, -0.1) is 0 Å². The van der Waals surface area contributed by atoms with Crippen LogP contribution in [0.15, 0.2) is 0 Å². The first-order valence-corrected chi connectivity index (χ1v) is 7.14. The molecule has 0 aliphatic carbocycles. The van der Waals surface area contributed by atoms with Gasteiger partial charge >= 0.3 is 0 Å². The Morgan fingerprint density at radius 2 is 2.06 bits per heavy atom. The Bertz CT molecular complexity index is 304. The Morgan fingerprint density at radius 3 is 2.67 bits per heavy atom. The van der Waals surface area contributed by atoms with Crippen LogP contribution in [0.4, 0.5) is 0 Å². The number of hydrogen-bond acceptors (Lipinski definition) is 3. The molecule has 2 rings (SSSR count). The molecule has 3 atom stereocenters. The summed E-state index contributed by atoms with van der Waals surface area (Å²) in [6.07, 6.45) is 1.24. The molecule has 0 saturated carbocycles. The molecule has 2 aliphatic rings. The van der Waals surface area contributed by atoms with E-state index in [1.807, 2.05) is 13.8 Å². The van der Waals surface area contributed by atoms with Gasteiger partial charge < -0.3 is 10.1 Å². The molecule has 0 radical (unpaired) electrons. The molecule has 0 unspecified atom stereocenters. The molecule has 4 nitrogen and oxygen atoms in total. The number of carbonyl (C=O) groups is 1. The maximum absolute atomic E-state index is 12.1. The first-order chi connectivity index (χ1) is 8.45. The zero-order chi connectivity index (χ0) is 13.3. The molecule has 104 valence electrons. The van der Waals surface area contributed by atoms with Crippen LogP contribution in [-0.4, -0.2) is 48.7 Å². The van der Waals surface area contributed by atoms with Crippen molar-refractivity contribution in [3.05, 3.63) is 0 Å². The van der Waals surface area contributed by atoms with Gasteiger partial charge in [0, 0.05) is 25.7 Å². The standard InChI is InChI=1S/C14H26N2O2/c1-9(2)6-16-7-11-5-12(13(8-16)18-11)14(17)15-10(3)4/h9-13H,5-8H2,1-4H3,(H,15,17)/t11-,12+,13-/m0/s1. The summed E-state index contributed by atoms with van der Waals surface area (Å²) in [5, 5.41) is 3.02. The van der Waals surface area contributed by atoms with E-state index >= 15 is 0 Å². The number of morpholine rings is 1. The van der Waals surface area contributed by atoms with Crippen LogP contribution in [0.1, 0.15) is 34.1 Å². The van der Waals surface area contributed by atoms with Gasteiger partial charge in [0.2, 0.25) is 5.91 Å². The molecule has 0 aromatic heterocycles. The van der Waals surface area contributed by atoms with Crippen molar-refractivity contribution in [1.29, 1.82) is 0 Å². The second kappa shape index (κ2) is 5.57. The van der Waals surface area contributed by atoms with E-state index in [2.05, 4.69) is 24.1 Å². The van der Waals surface area contributed by atoms with Crippen molar-refractivity contribution in [3.8, 4) is 0 Å². The summed E-state index contributed by atoms with van der Waals surface area (Å²) in [6, 6.07) is 0.213. The van der Waals surface area contributed by atoms with Crippen LogP contribution >= 0.6 is 0 Å². The average molecular weight is 254 g/mol. The van der Waals surface area contributed by atoms with Crippen molar-refractivity contribution in [3.63, 3.8) is 0 Å². The number of ether oxygens (including phenoxy) is 1. The quantitative estimate of drug-likeness (QED) is 0.821. The number of nitrogens with zero attached hydrogens (tertiary/aromatic N) is 1. The van der Waals surface area contributed by atoms with Crippen molar-refractivity contribution in [1.82, 2.24) is 10.2 Å². The van der Waals surface area contributed by atoms with E-state index in [9.17, 15) is 4.79 Å². The van der Waals surface area contributed by atoms with Crippen molar-refractivity contribution < 1.29 is 9.53 Å². The SMILES string of the molecule is CC(C)CN1C[C@@H]2C[C@@H](C(=O)NC(C)C)[C@H](C1)O2. The molecular weight excluding hydrogens is 228 g/mol. The predicted molar refractivity (Wildman–Crippen MR) is 71.3 cm³/mol. The van der Waals surface area contributed by atoms with Crippen LogP contribution in [0.25, 0.3) is 0 Å². The number of rotatable bonds is 4. The van der Waals surface area contributed by atoms with E-state index in [-0.39, 0.29) is 30.1 Å². The lowest BCUT2D eigenvalue weighted by molar-refractivity contribution is -0.128. The first-order valence-electron chi connectivity index (χ1n) is 7.14. The van der Waals surface area contributed by atoms with Gasteiger partial charge in [0.05, 0.1) is 18.1 Å². The fourth-order valence-corrected chi connectivity index (χ4v) is 3.07. The van der Waals surface area contributed by atoms with E-state index in [1.54, 1.807) is 0 Å². The van der Waals surface area contributed by atoms with Gasteiger partial charge in [-0.1, -0.05) is 13.8 Å². The monoisotopic (exact) mass is 254 g/mol. The molecule has 18 heavy (non-hydrogen) atoms. The molecule has 1 N–H and O–H groups in total. The molecule has 0 aromatic rings. The third-order valence-corrected chi connectivity index (χ3v) is 3.62. The minimum atomic E-state index is 0.0505. The molecular formula is C14H26N2O2. The molecule has 0 spiro atoms. The maximum Gasteiger partial charge on any atom is 0.226 e. The van der Waals surface area contributed by atoms with E-state index < -0.39 is 0 Å². The summed E-state index contributed by atoms with van der Waals surface area (Å²) >= 11 is 0. The smallest absolute Gasteiger partial charge is 0.226 e. The largest absolute Gasteiger partial charge is 0.371 e. The lowest BCUT2D eigenvalue weighted by atomic mass is 9.99. The van der Waals surface area contributed by atoms with Crippen molar-refractivity contribution in [2.24, 2.45) is 11.8 Å². The Balaban J connectivity index is 1.92. The van der Waals surface area contributed by atoms with Gasteiger partial charge in [0.15, 0.2) is 0 Å².